The van der Waals surface area contributed by atoms with E-state index in [1.165, 1.54) is 0 Å². The molecular formula is C32H29N7O. The molecule has 8 heteroatoms. The average Bonchev–Trinajstić information content (AvgIpc) is 3.62. The van der Waals surface area contributed by atoms with Crippen LogP contribution in [-0.4, -0.2) is 44.1 Å². The van der Waals surface area contributed by atoms with Crippen molar-refractivity contribution in [1.82, 2.24) is 30.5 Å². The fourth-order valence-corrected chi connectivity index (χ4v) is 5.65. The van der Waals surface area contributed by atoms with E-state index >= 15 is 0 Å². The molecular weight excluding hydrogens is 498 g/mol. The van der Waals surface area contributed by atoms with Gasteiger partial charge in [0.1, 0.15) is 5.69 Å². The molecule has 8 nitrogen and oxygen atoms in total. The van der Waals surface area contributed by atoms with Crippen molar-refractivity contribution < 1.29 is 4.79 Å². The van der Waals surface area contributed by atoms with Crippen LogP contribution in [0.25, 0.3) is 55.6 Å². The molecule has 1 amide bonds. The molecule has 0 aliphatic carbocycles. The Kier molecular flexibility index (Phi) is 6.30. The van der Waals surface area contributed by atoms with Crippen LogP contribution in [0.1, 0.15) is 19.3 Å². The van der Waals surface area contributed by atoms with Gasteiger partial charge in [0.05, 0.1) is 28.8 Å². The molecule has 198 valence electrons. The van der Waals surface area contributed by atoms with E-state index in [0.29, 0.717) is 18.0 Å². The maximum absolute atomic E-state index is 12.7. The molecule has 0 bridgehead atoms. The van der Waals surface area contributed by atoms with Crippen molar-refractivity contribution in [3.8, 4) is 33.8 Å². The normalized spacial score (nSPS) is 14.1. The minimum Gasteiger partial charge on any atom is -0.353 e. The van der Waals surface area contributed by atoms with Gasteiger partial charge in [0.2, 0.25) is 5.91 Å². The van der Waals surface area contributed by atoms with Crippen LogP contribution in [0, 0.1) is 5.92 Å². The summed E-state index contributed by atoms with van der Waals surface area (Å²) in [6, 6.07) is 22.5. The Morgan fingerprint density at radius 2 is 1.82 bits per heavy atom. The van der Waals surface area contributed by atoms with Crippen LogP contribution < -0.4 is 10.6 Å². The van der Waals surface area contributed by atoms with Gasteiger partial charge in [-0.3, -0.25) is 19.9 Å². The van der Waals surface area contributed by atoms with Gasteiger partial charge in [0, 0.05) is 46.2 Å². The first kappa shape index (κ1) is 24.2. The predicted molar refractivity (Wildman–Crippen MR) is 159 cm³/mol. The van der Waals surface area contributed by atoms with Gasteiger partial charge in [0.15, 0.2) is 0 Å². The summed E-state index contributed by atoms with van der Waals surface area (Å²) in [6.45, 7) is 1.97. The van der Waals surface area contributed by atoms with E-state index < -0.39 is 0 Å². The van der Waals surface area contributed by atoms with Crippen LogP contribution in [0.4, 0.5) is 5.69 Å². The van der Waals surface area contributed by atoms with Crippen LogP contribution in [0.2, 0.25) is 0 Å². The number of hydrogen-bond donors (Lipinski definition) is 4. The quantitative estimate of drug-likeness (QED) is 0.207. The Hall–Kier alpha value is -4.82. The van der Waals surface area contributed by atoms with E-state index in [1.54, 1.807) is 6.20 Å². The molecule has 1 fully saturated rings. The number of nitrogens with one attached hydrogen (secondary N) is 4. The second-order valence-corrected chi connectivity index (χ2v) is 10.4. The first-order chi connectivity index (χ1) is 19.7. The summed E-state index contributed by atoms with van der Waals surface area (Å²) in [6.07, 6.45) is 7.97. The van der Waals surface area contributed by atoms with Gasteiger partial charge < -0.3 is 15.6 Å². The summed E-state index contributed by atoms with van der Waals surface area (Å²) in [4.78, 5) is 25.2. The summed E-state index contributed by atoms with van der Waals surface area (Å²) in [5.74, 6) is 0.478. The molecule has 5 heterocycles. The summed E-state index contributed by atoms with van der Waals surface area (Å²) in [5.41, 5.74) is 8.41. The van der Waals surface area contributed by atoms with Crippen molar-refractivity contribution in [3.63, 3.8) is 0 Å². The number of amides is 1. The highest BCUT2D eigenvalue weighted by Gasteiger charge is 2.18. The average molecular weight is 528 g/mol. The van der Waals surface area contributed by atoms with Crippen LogP contribution in [0.15, 0.2) is 85.3 Å². The number of carbonyl (C=O) groups is 1. The molecule has 4 aromatic heterocycles. The van der Waals surface area contributed by atoms with Crippen molar-refractivity contribution in [3.05, 3.63) is 85.3 Å². The highest BCUT2D eigenvalue weighted by atomic mass is 16.1. The number of hydrogen-bond acceptors (Lipinski definition) is 5. The third-order valence-electron chi connectivity index (χ3n) is 7.71. The number of piperidine rings is 1. The Morgan fingerprint density at radius 3 is 2.70 bits per heavy atom. The fourth-order valence-electron chi connectivity index (χ4n) is 5.65. The van der Waals surface area contributed by atoms with Crippen molar-refractivity contribution in [2.24, 2.45) is 5.92 Å². The zero-order chi connectivity index (χ0) is 26.9. The summed E-state index contributed by atoms with van der Waals surface area (Å²) < 4.78 is 0. The fraction of sp³-hybridized carbons (Fsp3) is 0.188. The number of aromatic nitrogens is 5. The lowest BCUT2D eigenvalue weighted by Gasteiger charge is -2.21. The summed E-state index contributed by atoms with van der Waals surface area (Å²) >= 11 is 0. The van der Waals surface area contributed by atoms with Gasteiger partial charge in [-0.1, -0.05) is 24.3 Å². The SMILES string of the molecule is O=C(CC1CCNCC1)Nc1cncc(-c2ccc3[nH]nc(-c4cc5c(-c6ccccn6)cccc5[nH]4)c3c2)c1. The first-order valence-electron chi connectivity index (χ1n) is 13.7. The van der Waals surface area contributed by atoms with E-state index in [0.717, 1.165) is 81.5 Å². The van der Waals surface area contributed by atoms with Crippen LogP contribution in [-0.2, 0) is 4.79 Å². The van der Waals surface area contributed by atoms with E-state index in [1.807, 2.05) is 54.9 Å². The molecule has 0 atom stereocenters. The Bertz CT molecular complexity index is 1820. The molecule has 0 radical (unpaired) electrons. The summed E-state index contributed by atoms with van der Waals surface area (Å²) in [5, 5.41) is 16.3. The number of aromatic amines is 2. The molecule has 1 saturated heterocycles. The third-order valence-corrected chi connectivity index (χ3v) is 7.71. The first-order valence-corrected chi connectivity index (χ1v) is 13.7. The summed E-state index contributed by atoms with van der Waals surface area (Å²) in [7, 11) is 0. The topological polar surface area (TPSA) is 111 Å². The molecule has 40 heavy (non-hydrogen) atoms. The van der Waals surface area contributed by atoms with Crippen LogP contribution in [0.3, 0.4) is 0 Å². The lowest BCUT2D eigenvalue weighted by molar-refractivity contribution is -0.117. The van der Waals surface area contributed by atoms with Crippen LogP contribution in [0.5, 0.6) is 0 Å². The van der Waals surface area contributed by atoms with Gasteiger partial charge in [0.25, 0.3) is 0 Å². The predicted octanol–water partition coefficient (Wildman–Crippen LogP) is 6.16. The maximum Gasteiger partial charge on any atom is 0.224 e. The Labute approximate surface area is 231 Å². The third kappa shape index (κ3) is 4.74. The number of benzene rings is 2. The highest BCUT2D eigenvalue weighted by Crippen LogP contribution is 2.35. The van der Waals surface area contributed by atoms with E-state index in [2.05, 4.69) is 60.0 Å². The van der Waals surface area contributed by atoms with Crippen molar-refractivity contribution in [2.75, 3.05) is 18.4 Å². The number of fused-ring (bicyclic) bond motifs is 2. The highest BCUT2D eigenvalue weighted by molar-refractivity contribution is 6.01. The lowest BCUT2D eigenvalue weighted by Crippen LogP contribution is -2.30. The minimum atomic E-state index is 0.0438. The molecule has 0 unspecified atom stereocenters. The largest absolute Gasteiger partial charge is 0.353 e. The van der Waals surface area contributed by atoms with E-state index in [9.17, 15) is 4.79 Å². The van der Waals surface area contributed by atoms with E-state index in [4.69, 9.17) is 0 Å². The standard InChI is InChI=1S/C32H29N7O/c40-31(14-20-9-12-33-13-10-20)36-23-15-22(18-34-19-23)21-7-8-29-26(16-21)32(39-38-29)30-17-25-24(4-3-6-28(25)37-30)27-5-1-2-11-35-27/h1-8,11,15-20,33,37H,9-10,12-14H2,(H,36,40)(H,38,39). The molecule has 0 spiro atoms. The van der Waals surface area contributed by atoms with Crippen molar-refractivity contribution in [2.45, 2.75) is 19.3 Å². The number of rotatable bonds is 6. The van der Waals surface area contributed by atoms with Gasteiger partial charge in [-0.25, -0.2) is 0 Å². The number of pyridine rings is 2. The number of carbonyl (C=O) groups excluding carboxylic acids is 1. The molecule has 7 rings (SSSR count). The monoisotopic (exact) mass is 527 g/mol. The molecule has 1 aliphatic heterocycles. The second-order valence-electron chi connectivity index (χ2n) is 10.4. The Balaban J connectivity index is 1.19. The van der Waals surface area contributed by atoms with Crippen molar-refractivity contribution >= 4 is 33.4 Å². The number of H-pyrrole nitrogens is 2. The lowest BCUT2D eigenvalue weighted by atomic mass is 9.94. The zero-order valence-corrected chi connectivity index (χ0v) is 21.9. The van der Waals surface area contributed by atoms with Gasteiger partial charge >= 0.3 is 0 Å². The molecule has 0 saturated carbocycles. The molecule has 2 aromatic carbocycles. The second kappa shape index (κ2) is 10.4. The van der Waals surface area contributed by atoms with E-state index in [-0.39, 0.29) is 5.91 Å². The van der Waals surface area contributed by atoms with Crippen molar-refractivity contribution in [1.29, 1.82) is 0 Å². The van der Waals surface area contributed by atoms with Crippen LogP contribution >= 0.6 is 0 Å². The Morgan fingerprint density at radius 1 is 0.900 bits per heavy atom. The zero-order valence-electron chi connectivity index (χ0n) is 21.9. The molecule has 1 aliphatic rings. The van der Waals surface area contributed by atoms with Gasteiger partial charge in [-0.05, 0) is 79.9 Å². The molecule has 6 aromatic rings. The minimum absolute atomic E-state index is 0.0438. The maximum atomic E-state index is 12.7. The molecule has 4 N–H and O–H groups in total. The van der Waals surface area contributed by atoms with Gasteiger partial charge in [-0.15, -0.1) is 0 Å². The smallest absolute Gasteiger partial charge is 0.224 e. The van der Waals surface area contributed by atoms with Gasteiger partial charge in [-0.2, -0.15) is 5.10 Å². The number of nitrogens with zero attached hydrogens (tertiary/aromatic N) is 3. The number of anilines is 1.